The Balaban J connectivity index is 1.94. The standard InChI is InChI=1S/C14H15N3O/c1-15-8-14-11(6-7-18-14)9-17-10-16-12-4-2-3-5-13(12)17/h2-7,10,15H,8-9H2,1H3. The van der Waals surface area contributed by atoms with Gasteiger partial charge in [-0.15, -0.1) is 0 Å². The molecule has 2 aromatic heterocycles. The molecule has 3 aromatic rings. The zero-order valence-corrected chi connectivity index (χ0v) is 10.3. The van der Waals surface area contributed by atoms with Crippen molar-refractivity contribution in [2.45, 2.75) is 13.1 Å². The summed E-state index contributed by atoms with van der Waals surface area (Å²) in [6, 6.07) is 10.2. The summed E-state index contributed by atoms with van der Waals surface area (Å²) in [4.78, 5) is 4.39. The quantitative estimate of drug-likeness (QED) is 0.762. The van der Waals surface area contributed by atoms with Gasteiger partial charge >= 0.3 is 0 Å². The van der Waals surface area contributed by atoms with Crippen LogP contribution in [0.25, 0.3) is 11.0 Å². The molecule has 92 valence electrons. The molecule has 4 nitrogen and oxygen atoms in total. The van der Waals surface area contributed by atoms with Crippen LogP contribution in [0, 0.1) is 0 Å². The van der Waals surface area contributed by atoms with Crippen LogP contribution in [0.15, 0.2) is 47.3 Å². The number of nitrogens with one attached hydrogen (secondary N) is 1. The lowest BCUT2D eigenvalue weighted by Crippen LogP contribution is -2.07. The van der Waals surface area contributed by atoms with E-state index in [1.807, 2.05) is 37.6 Å². The van der Waals surface area contributed by atoms with Crippen molar-refractivity contribution in [1.29, 1.82) is 0 Å². The van der Waals surface area contributed by atoms with Crippen molar-refractivity contribution in [3.05, 3.63) is 54.2 Å². The molecule has 3 rings (SSSR count). The maximum absolute atomic E-state index is 5.47. The van der Waals surface area contributed by atoms with Gasteiger partial charge in [-0.1, -0.05) is 12.1 Å². The molecule has 2 heterocycles. The summed E-state index contributed by atoms with van der Waals surface area (Å²) in [6.45, 7) is 1.53. The highest BCUT2D eigenvalue weighted by molar-refractivity contribution is 5.75. The first kappa shape index (κ1) is 11.0. The second-order valence-corrected chi connectivity index (χ2v) is 4.26. The van der Waals surface area contributed by atoms with Crippen LogP contribution in [0.4, 0.5) is 0 Å². The Kier molecular flexibility index (Phi) is 2.86. The van der Waals surface area contributed by atoms with Crippen LogP contribution in [0.1, 0.15) is 11.3 Å². The Bertz CT molecular complexity index is 654. The minimum Gasteiger partial charge on any atom is -0.468 e. The first-order valence-corrected chi connectivity index (χ1v) is 5.98. The second kappa shape index (κ2) is 4.66. The van der Waals surface area contributed by atoms with Gasteiger partial charge in [-0.2, -0.15) is 0 Å². The fourth-order valence-corrected chi connectivity index (χ4v) is 2.14. The fraction of sp³-hybridized carbons (Fsp3) is 0.214. The van der Waals surface area contributed by atoms with Gasteiger partial charge in [-0.3, -0.25) is 0 Å². The maximum atomic E-state index is 5.47. The number of hydrogen-bond donors (Lipinski definition) is 1. The Hall–Kier alpha value is -2.07. The summed E-state index contributed by atoms with van der Waals surface area (Å²) >= 11 is 0. The summed E-state index contributed by atoms with van der Waals surface area (Å²) in [5, 5.41) is 3.11. The predicted octanol–water partition coefficient (Wildman–Crippen LogP) is 2.40. The Morgan fingerprint density at radius 1 is 1.28 bits per heavy atom. The highest BCUT2D eigenvalue weighted by Gasteiger charge is 2.08. The highest BCUT2D eigenvalue weighted by atomic mass is 16.3. The van der Waals surface area contributed by atoms with Crippen LogP contribution < -0.4 is 5.32 Å². The summed E-state index contributed by atoms with van der Waals surface area (Å²) in [5.74, 6) is 0.982. The first-order valence-electron chi connectivity index (χ1n) is 5.98. The zero-order valence-electron chi connectivity index (χ0n) is 10.3. The molecule has 0 radical (unpaired) electrons. The minimum absolute atomic E-state index is 0.745. The molecule has 0 saturated carbocycles. The average molecular weight is 241 g/mol. The molecule has 0 aliphatic rings. The van der Waals surface area contributed by atoms with Crippen LogP contribution in [0.2, 0.25) is 0 Å². The first-order chi connectivity index (χ1) is 8.88. The molecular weight excluding hydrogens is 226 g/mol. The van der Waals surface area contributed by atoms with Crippen molar-refractivity contribution < 1.29 is 4.42 Å². The van der Waals surface area contributed by atoms with Gasteiger partial charge in [0.1, 0.15) is 5.76 Å². The third kappa shape index (κ3) is 1.91. The van der Waals surface area contributed by atoms with Gasteiger partial charge in [0.15, 0.2) is 0 Å². The number of nitrogens with zero attached hydrogens (tertiary/aromatic N) is 2. The van der Waals surface area contributed by atoms with Crippen molar-refractivity contribution in [1.82, 2.24) is 14.9 Å². The molecular formula is C14H15N3O. The van der Waals surface area contributed by atoms with Crippen LogP contribution >= 0.6 is 0 Å². The van der Waals surface area contributed by atoms with Gasteiger partial charge in [-0.25, -0.2) is 4.98 Å². The topological polar surface area (TPSA) is 43.0 Å². The molecule has 0 fully saturated rings. The van der Waals surface area contributed by atoms with Crippen LogP contribution in [-0.2, 0) is 13.1 Å². The molecule has 0 saturated heterocycles. The molecule has 0 amide bonds. The van der Waals surface area contributed by atoms with E-state index < -0.39 is 0 Å². The van der Waals surface area contributed by atoms with Crippen molar-refractivity contribution in [3.63, 3.8) is 0 Å². The van der Waals surface area contributed by atoms with E-state index in [1.54, 1.807) is 6.26 Å². The predicted molar refractivity (Wildman–Crippen MR) is 70.3 cm³/mol. The van der Waals surface area contributed by atoms with Gasteiger partial charge in [-0.05, 0) is 25.2 Å². The number of benzene rings is 1. The van der Waals surface area contributed by atoms with Gasteiger partial charge in [0.05, 0.1) is 36.7 Å². The van der Waals surface area contributed by atoms with Gasteiger partial charge in [0.25, 0.3) is 0 Å². The second-order valence-electron chi connectivity index (χ2n) is 4.26. The summed E-state index contributed by atoms with van der Waals surface area (Å²) in [7, 11) is 1.92. The maximum Gasteiger partial charge on any atom is 0.122 e. The van der Waals surface area contributed by atoms with Crippen LogP contribution in [-0.4, -0.2) is 16.6 Å². The lowest BCUT2D eigenvalue weighted by molar-refractivity contribution is 0.489. The van der Waals surface area contributed by atoms with Crippen LogP contribution in [0.3, 0.4) is 0 Å². The lowest BCUT2D eigenvalue weighted by Gasteiger charge is -2.04. The van der Waals surface area contributed by atoms with Crippen molar-refractivity contribution >= 4 is 11.0 Å². The van der Waals surface area contributed by atoms with Gasteiger partial charge < -0.3 is 14.3 Å². The number of hydrogen-bond acceptors (Lipinski definition) is 3. The molecule has 4 heteroatoms. The number of furan rings is 1. The third-order valence-electron chi connectivity index (χ3n) is 3.04. The number of rotatable bonds is 4. The number of fused-ring (bicyclic) bond motifs is 1. The van der Waals surface area contributed by atoms with Crippen molar-refractivity contribution in [2.24, 2.45) is 0 Å². The van der Waals surface area contributed by atoms with E-state index in [2.05, 4.69) is 20.9 Å². The fourth-order valence-electron chi connectivity index (χ4n) is 2.14. The average Bonchev–Trinajstić information content (AvgIpc) is 2.99. The van der Waals surface area contributed by atoms with E-state index in [0.717, 1.165) is 29.9 Å². The van der Waals surface area contributed by atoms with E-state index >= 15 is 0 Å². The molecule has 1 N–H and O–H groups in total. The summed E-state index contributed by atoms with van der Waals surface area (Å²) in [5.41, 5.74) is 3.36. The molecule has 0 aliphatic carbocycles. The normalized spacial score (nSPS) is 11.2. The lowest BCUT2D eigenvalue weighted by atomic mass is 10.2. The Labute approximate surface area is 105 Å². The SMILES string of the molecule is CNCc1occc1Cn1cnc2ccccc21. The van der Waals surface area contributed by atoms with E-state index in [0.29, 0.717) is 0 Å². The number of aromatic nitrogens is 2. The van der Waals surface area contributed by atoms with Gasteiger partial charge in [0, 0.05) is 5.56 Å². The molecule has 0 atom stereocenters. The minimum atomic E-state index is 0.745. The molecule has 0 unspecified atom stereocenters. The Morgan fingerprint density at radius 2 is 2.17 bits per heavy atom. The van der Waals surface area contributed by atoms with Crippen molar-refractivity contribution in [3.8, 4) is 0 Å². The largest absolute Gasteiger partial charge is 0.468 e. The summed E-state index contributed by atoms with van der Waals surface area (Å²) in [6.07, 6.45) is 3.61. The molecule has 0 bridgehead atoms. The van der Waals surface area contributed by atoms with Gasteiger partial charge in [0.2, 0.25) is 0 Å². The zero-order chi connectivity index (χ0) is 12.4. The smallest absolute Gasteiger partial charge is 0.122 e. The van der Waals surface area contributed by atoms with E-state index in [9.17, 15) is 0 Å². The molecule has 18 heavy (non-hydrogen) atoms. The summed E-state index contributed by atoms with van der Waals surface area (Å²) < 4.78 is 7.61. The molecule has 0 spiro atoms. The number of imidazole rings is 1. The number of para-hydroxylation sites is 2. The molecule has 1 aromatic carbocycles. The van der Waals surface area contributed by atoms with Crippen molar-refractivity contribution in [2.75, 3.05) is 7.05 Å². The van der Waals surface area contributed by atoms with E-state index in [4.69, 9.17) is 4.42 Å². The third-order valence-corrected chi connectivity index (χ3v) is 3.04. The Morgan fingerprint density at radius 3 is 3.06 bits per heavy atom. The monoisotopic (exact) mass is 241 g/mol. The molecule has 0 aliphatic heterocycles. The van der Waals surface area contributed by atoms with E-state index in [-0.39, 0.29) is 0 Å². The van der Waals surface area contributed by atoms with Crippen LogP contribution in [0.5, 0.6) is 0 Å². The highest BCUT2D eigenvalue weighted by Crippen LogP contribution is 2.17. The van der Waals surface area contributed by atoms with E-state index in [1.165, 1.54) is 5.56 Å².